The van der Waals surface area contributed by atoms with Crippen LogP contribution in [-0.4, -0.2) is 81.5 Å². The van der Waals surface area contributed by atoms with Crippen molar-refractivity contribution in [3.05, 3.63) is 0 Å². The summed E-state index contributed by atoms with van der Waals surface area (Å²) in [5.41, 5.74) is 0.249. The summed E-state index contributed by atoms with van der Waals surface area (Å²) >= 11 is 0. The highest BCUT2D eigenvalue weighted by atomic mass is 19.4. The molecular weight excluding hydrogens is 345 g/mol. The summed E-state index contributed by atoms with van der Waals surface area (Å²) in [6.45, 7) is 4.77. The fraction of sp³-hybridized carbons (Fsp3) is 0.944. The van der Waals surface area contributed by atoms with Crippen LogP contribution in [0.1, 0.15) is 39.0 Å². The van der Waals surface area contributed by atoms with E-state index in [0.717, 1.165) is 25.5 Å². The highest BCUT2D eigenvalue weighted by Gasteiger charge is 2.41. The standard InChI is InChI=1S/C18H33F3N4O/c1-15(18(19,20)21)24-9-11-25(12-10-24)16(22-2)23-14-17(8-13-26-3)6-4-5-7-17/h15H,4-14H2,1-3H3,(H,22,23). The number of alkyl halides is 3. The van der Waals surface area contributed by atoms with Crippen LogP contribution in [-0.2, 0) is 4.74 Å². The molecule has 2 rings (SSSR count). The number of ether oxygens (including phenoxy) is 1. The third-order valence-electron chi connectivity index (χ3n) is 5.97. The largest absolute Gasteiger partial charge is 0.403 e. The SMILES string of the molecule is CN=C(NCC1(CCOC)CCCC1)N1CCN(C(C)C(F)(F)F)CC1. The number of rotatable bonds is 6. The van der Waals surface area contributed by atoms with E-state index in [-0.39, 0.29) is 5.41 Å². The van der Waals surface area contributed by atoms with Gasteiger partial charge in [0.05, 0.1) is 0 Å². The Balaban J connectivity index is 1.86. The monoisotopic (exact) mass is 378 g/mol. The molecule has 1 saturated heterocycles. The van der Waals surface area contributed by atoms with E-state index in [2.05, 4.69) is 15.2 Å². The molecule has 0 bridgehead atoms. The number of methoxy groups -OCH3 is 1. The summed E-state index contributed by atoms with van der Waals surface area (Å²) in [5, 5.41) is 3.48. The van der Waals surface area contributed by atoms with Gasteiger partial charge >= 0.3 is 6.18 Å². The molecule has 1 saturated carbocycles. The minimum Gasteiger partial charge on any atom is -0.385 e. The van der Waals surface area contributed by atoms with E-state index in [9.17, 15) is 13.2 Å². The first-order valence-electron chi connectivity index (χ1n) is 9.57. The van der Waals surface area contributed by atoms with Crippen molar-refractivity contribution in [2.75, 3.05) is 53.5 Å². The Morgan fingerprint density at radius 2 is 1.81 bits per heavy atom. The summed E-state index contributed by atoms with van der Waals surface area (Å²) in [6.07, 6.45) is 1.74. The molecule has 0 aromatic carbocycles. The maximum absolute atomic E-state index is 12.9. The molecule has 5 nitrogen and oxygen atoms in total. The molecule has 26 heavy (non-hydrogen) atoms. The zero-order valence-electron chi connectivity index (χ0n) is 16.2. The van der Waals surface area contributed by atoms with Gasteiger partial charge in [-0.3, -0.25) is 9.89 Å². The Bertz CT molecular complexity index is 456. The fourth-order valence-corrected chi connectivity index (χ4v) is 4.09. The molecule has 1 atom stereocenters. The van der Waals surface area contributed by atoms with Crippen LogP contribution in [0.25, 0.3) is 0 Å². The predicted molar refractivity (Wildman–Crippen MR) is 97.4 cm³/mol. The molecular formula is C18H33F3N4O. The van der Waals surface area contributed by atoms with Crippen LogP contribution in [0, 0.1) is 5.41 Å². The zero-order valence-corrected chi connectivity index (χ0v) is 16.2. The van der Waals surface area contributed by atoms with Gasteiger partial charge in [0, 0.05) is 53.5 Å². The van der Waals surface area contributed by atoms with Crippen molar-refractivity contribution in [2.45, 2.75) is 51.2 Å². The Kier molecular flexibility index (Phi) is 7.58. The average molecular weight is 378 g/mol. The molecule has 8 heteroatoms. The maximum atomic E-state index is 12.9. The Morgan fingerprint density at radius 3 is 2.31 bits per heavy atom. The van der Waals surface area contributed by atoms with Crippen molar-refractivity contribution < 1.29 is 17.9 Å². The number of halogens is 3. The molecule has 1 aliphatic carbocycles. The summed E-state index contributed by atoms with van der Waals surface area (Å²) in [6, 6.07) is -1.39. The zero-order chi connectivity index (χ0) is 19.2. The number of nitrogens with zero attached hydrogens (tertiary/aromatic N) is 3. The van der Waals surface area contributed by atoms with Gasteiger partial charge in [-0.25, -0.2) is 0 Å². The van der Waals surface area contributed by atoms with Gasteiger partial charge in [-0.05, 0) is 31.6 Å². The third kappa shape index (κ3) is 5.49. The van der Waals surface area contributed by atoms with Crippen LogP contribution in [0.15, 0.2) is 4.99 Å². The first kappa shape index (κ1) is 21.3. The van der Waals surface area contributed by atoms with E-state index in [1.807, 2.05) is 0 Å². The van der Waals surface area contributed by atoms with Crippen LogP contribution < -0.4 is 5.32 Å². The van der Waals surface area contributed by atoms with Gasteiger partial charge in [0.15, 0.2) is 5.96 Å². The van der Waals surface area contributed by atoms with Gasteiger partial charge < -0.3 is 15.0 Å². The normalized spacial score (nSPS) is 23.3. The molecule has 1 N–H and O–H groups in total. The lowest BCUT2D eigenvalue weighted by atomic mass is 9.83. The van der Waals surface area contributed by atoms with Gasteiger partial charge in [-0.2, -0.15) is 13.2 Å². The number of aliphatic imine (C=N–C) groups is 1. The summed E-state index contributed by atoms with van der Waals surface area (Å²) in [7, 11) is 3.47. The van der Waals surface area contributed by atoms with Crippen molar-refractivity contribution in [1.82, 2.24) is 15.1 Å². The van der Waals surface area contributed by atoms with Gasteiger partial charge in [-0.15, -0.1) is 0 Å². The Hall–Kier alpha value is -1.02. The van der Waals surface area contributed by atoms with Gasteiger partial charge in [-0.1, -0.05) is 12.8 Å². The van der Waals surface area contributed by atoms with Crippen LogP contribution in [0.4, 0.5) is 13.2 Å². The molecule has 0 spiro atoms. The summed E-state index contributed by atoms with van der Waals surface area (Å²) in [4.78, 5) is 7.93. The van der Waals surface area contributed by atoms with Crippen LogP contribution >= 0.6 is 0 Å². The Labute approximate surface area is 155 Å². The third-order valence-corrected chi connectivity index (χ3v) is 5.97. The fourth-order valence-electron chi connectivity index (χ4n) is 4.09. The van der Waals surface area contributed by atoms with E-state index >= 15 is 0 Å². The number of hydrogen-bond acceptors (Lipinski definition) is 3. The van der Waals surface area contributed by atoms with Crippen molar-refractivity contribution in [3.8, 4) is 0 Å². The molecule has 0 radical (unpaired) electrons. The van der Waals surface area contributed by atoms with E-state index in [4.69, 9.17) is 4.74 Å². The molecule has 1 heterocycles. The molecule has 2 aliphatic rings. The number of guanidine groups is 1. The Morgan fingerprint density at radius 1 is 1.19 bits per heavy atom. The lowest BCUT2D eigenvalue weighted by Crippen LogP contribution is -2.57. The highest BCUT2D eigenvalue weighted by Crippen LogP contribution is 2.40. The van der Waals surface area contributed by atoms with Crippen LogP contribution in [0.5, 0.6) is 0 Å². The minimum absolute atomic E-state index is 0.249. The van der Waals surface area contributed by atoms with Crippen molar-refractivity contribution >= 4 is 5.96 Å². The quantitative estimate of drug-likeness (QED) is 0.570. The van der Waals surface area contributed by atoms with E-state index in [1.165, 1.54) is 37.5 Å². The molecule has 2 fully saturated rings. The second-order valence-corrected chi connectivity index (χ2v) is 7.59. The maximum Gasteiger partial charge on any atom is 0.403 e. The van der Waals surface area contributed by atoms with Crippen molar-refractivity contribution in [2.24, 2.45) is 10.4 Å². The smallest absolute Gasteiger partial charge is 0.385 e. The van der Waals surface area contributed by atoms with Gasteiger partial charge in [0.1, 0.15) is 6.04 Å². The topological polar surface area (TPSA) is 40.1 Å². The number of nitrogens with one attached hydrogen (secondary N) is 1. The minimum atomic E-state index is -4.17. The molecule has 0 aromatic heterocycles. The lowest BCUT2D eigenvalue weighted by Gasteiger charge is -2.40. The lowest BCUT2D eigenvalue weighted by molar-refractivity contribution is -0.181. The molecule has 152 valence electrons. The first-order chi connectivity index (χ1) is 12.3. The predicted octanol–water partition coefficient (Wildman–Crippen LogP) is 2.73. The van der Waals surface area contributed by atoms with E-state index < -0.39 is 12.2 Å². The summed E-state index contributed by atoms with van der Waals surface area (Å²) < 4.78 is 43.9. The molecule has 0 amide bonds. The van der Waals surface area contributed by atoms with Crippen molar-refractivity contribution in [1.29, 1.82) is 0 Å². The van der Waals surface area contributed by atoms with Crippen LogP contribution in [0.2, 0.25) is 0 Å². The highest BCUT2D eigenvalue weighted by molar-refractivity contribution is 5.80. The summed E-state index contributed by atoms with van der Waals surface area (Å²) in [5.74, 6) is 0.799. The average Bonchev–Trinajstić information content (AvgIpc) is 3.09. The first-order valence-corrected chi connectivity index (χ1v) is 9.57. The molecule has 1 aliphatic heterocycles. The van der Waals surface area contributed by atoms with E-state index in [0.29, 0.717) is 26.2 Å². The second kappa shape index (κ2) is 9.26. The van der Waals surface area contributed by atoms with Crippen LogP contribution in [0.3, 0.4) is 0 Å². The van der Waals surface area contributed by atoms with Crippen molar-refractivity contribution in [3.63, 3.8) is 0 Å². The molecule has 0 aromatic rings. The van der Waals surface area contributed by atoms with E-state index in [1.54, 1.807) is 14.2 Å². The number of piperazine rings is 1. The van der Waals surface area contributed by atoms with Gasteiger partial charge in [0.25, 0.3) is 0 Å². The molecule has 1 unspecified atom stereocenters. The second-order valence-electron chi connectivity index (χ2n) is 7.59. The van der Waals surface area contributed by atoms with Gasteiger partial charge in [0.2, 0.25) is 0 Å². The number of hydrogen-bond donors (Lipinski definition) is 1.